The second kappa shape index (κ2) is 10.0. The number of ketones is 1. The monoisotopic (exact) mass is 479 g/mol. The number of aromatic hydroxyl groups is 1. The summed E-state index contributed by atoms with van der Waals surface area (Å²) in [7, 11) is 1.42. The lowest BCUT2D eigenvalue weighted by Crippen LogP contribution is -2.31. The van der Waals surface area contributed by atoms with Gasteiger partial charge in [-0.3, -0.25) is 9.59 Å². The Labute approximate surface area is 200 Å². The molecule has 1 amide bonds. The number of amides is 1. The summed E-state index contributed by atoms with van der Waals surface area (Å²) in [4.78, 5) is 25.4. The van der Waals surface area contributed by atoms with Gasteiger partial charge in [0.15, 0.2) is 17.3 Å². The number of carbonyl (C=O) groups is 2. The minimum Gasteiger partial charge on any atom is -0.504 e. The van der Waals surface area contributed by atoms with E-state index in [4.69, 9.17) is 4.74 Å². The summed E-state index contributed by atoms with van der Waals surface area (Å²) in [5.41, 5.74) is 2.26. The van der Waals surface area contributed by atoms with Crippen LogP contribution in [0.5, 0.6) is 11.5 Å². The van der Waals surface area contributed by atoms with Gasteiger partial charge < -0.3 is 20.5 Å². The summed E-state index contributed by atoms with van der Waals surface area (Å²) in [5, 5.41) is 26.3. The van der Waals surface area contributed by atoms with E-state index in [1.54, 1.807) is 18.2 Å². The molecular formula is C25H22FN3O4S. The van der Waals surface area contributed by atoms with Crippen LogP contribution in [0, 0.1) is 17.1 Å². The van der Waals surface area contributed by atoms with Crippen LogP contribution in [0.1, 0.15) is 30.7 Å². The molecule has 0 aromatic heterocycles. The van der Waals surface area contributed by atoms with Crippen molar-refractivity contribution in [1.82, 2.24) is 5.32 Å². The lowest BCUT2D eigenvalue weighted by Gasteiger charge is -2.33. The third-order valence-corrected chi connectivity index (χ3v) is 6.71. The number of Topliss-reactive ketones (excluding diaryl/α,β-unsaturated/α-hetero) is 1. The van der Waals surface area contributed by atoms with Gasteiger partial charge in [-0.25, -0.2) is 4.39 Å². The largest absolute Gasteiger partial charge is 0.504 e. The fourth-order valence-corrected chi connectivity index (χ4v) is 4.99. The lowest BCUT2D eigenvalue weighted by molar-refractivity contribution is -0.116. The molecule has 0 bridgehead atoms. The maximum absolute atomic E-state index is 13.9. The van der Waals surface area contributed by atoms with Crippen LogP contribution in [0.15, 0.2) is 64.3 Å². The number of hydrogen-bond acceptors (Lipinski definition) is 7. The minimum absolute atomic E-state index is 0.0418. The fourth-order valence-electron chi connectivity index (χ4n) is 4.13. The Morgan fingerprint density at radius 3 is 2.85 bits per heavy atom. The Bertz CT molecular complexity index is 1270. The predicted molar refractivity (Wildman–Crippen MR) is 127 cm³/mol. The molecule has 34 heavy (non-hydrogen) atoms. The van der Waals surface area contributed by atoms with Crippen molar-refractivity contribution < 1.29 is 23.8 Å². The molecule has 7 nitrogen and oxygen atoms in total. The van der Waals surface area contributed by atoms with Crippen LogP contribution < -0.4 is 15.4 Å². The molecule has 9 heteroatoms. The number of phenols is 1. The number of dihydropyridines is 1. The maximum Gasteiger partial charge on any atom is 0.234 e. The van der Waals surface area contributed by atoms with Crippen LogP contribution in [-0.2, 0) is 9.59 Å². The maximum atomic E-state index is 13.9. The van der Waals surface area contributed by atoms with Gasteiger partial charge in [-0.1, -0.05) is 30.0 Å². The molecule has 4 rings (SSSR count). The molecule has 1 aliphatic carbocycles. The molecule has 2 aliphatic rings. The van der Waals surface area contributed by atoms with E-state index in [1.165, 1.54) is 31.4 Å². The zero-order valence-electron chi connectivity index (χ0n) is 18.4. The molecule has 0 unspecified atom stereocenters. The molecule has 0 fully saturated rings. The standard InChI is InChI=1S/C25H22FN3O4S/c1-33-21-11-14(9-10-19(21)30)23-15(12-27)25(29-18-7-4-8-20(31)24(18)23)34-13-22(32)28-17-6-3-2-5-16(17)26/h2-3,5-6,9-11,23,29-30H,4,7-8,13H2,1H3,(H,28,32)/t23-/m0/s1. The van der Waals surface area contributed by atoms with Gasteiger partial charge in [0.25, 0.3) is 0 Å². The number of para-hydroxylation sites is 1. The SMILES string of the molecule is COc1cc([C@H]2C(C#N)=C(SCC(=O)Nc3ccccc3F)NC3=C2C(=O)CCC3)ccc1O. The Morgan fingerprint density at radius 1 is 1.32 bits per heavy atom. The predicted octanol–water partition coefficient (Wildman–Crippen LogP) is 4.34. The molecule has 0 saturated carbocycles. The first-order valence-electron chi connectivity index (χ1n) is 10.6. The lowest BCUT2D eigenvalue weighted by atomic mass is 9.77. The topological polar surface area (TPSA) is 111 Å². The van der Waals surface area contributed by atoms with Crippen LogP contribution in [-0.4, -0.2) is 29.7 Å². The van der Waals surface area contributed by atoms with Gasteiger partial charge >= 0.3 is 0 Å². The number of nitriles is 1. The number of nitrogens with one attached hydrogen (secondary N) is 2. The van der Waals surface area contributed by atoms with Crippen molar-refractivity contribution >= 4 is 29.1 Å². The molecule has 2 aromatic carbocycles. The third-order valence-electron chi connectivity index (χ3n) is 5.70. The van der Waals surface area contributed by atoms with Gasteiger partial charge in [0, 0.05) is 17.7 Å². The highest BCUT2D eigenvalue weighted by molar-refractivity contribution is 8.03. The van der Waals surface area contributed by atoms with E-state index in [9.17, 15) is 24.3 Å². The number of nitrogens with zero attached hydrogens (tertiary/aromatic N) is 1. The Morgan fingerprint density at radius 2 is 2.12 bits per heavy atom. The summed E-state index contributed by atoms with van der Waals surface area (Å²) < 4.78 is 19.1. The molecule has 3 N–H and O–H groups in total. The number of ether oxygens (including phenoxy) is 1. The van der Waals surface area contributed by atoms with Gasteiger partial charge in [0.05, 0.1) is 41.1 Å². The normalized spacial score (nSPS) is 17.6. The number of halogens is 1. The number of benzene rings is 2. The third kappa shape index (κ3) is 4.63. The summed E-state index contributed by atoms with van der Waals surface area (Å²) in [6.07, 6.45) is 1.71. The summed E-state index contributed by atoms with van der Waals surface area (Å²) in [6, 6.07) is 12.8. The van der Waals surface area contributed by atoms with E-state index < -0.39 is 17.6 Å². The van der Waals surface area contributed by atoms with Gasteiger partial charge in [0.2, 0.25) is 5.91 Å². The van der Waals surface area contributed by atoms with E-state index in [0.29, 0.717) is 41.0 Å². The van der Waals surface area contributed by atoms with E-state index in [0.717, 1.165) is 17.5 Å². The van der Waals surface area contributed by atoms with Gasteiger partial charge in [-0.15, -0.1) is 0 Å². The average molecular weight is 480 g/mol. The molecule has 0 radical (unpaired) electrons. The first kappa shape index (κ1) is 23.4. The number of anilines is 1. The van der Waals surface area contributed by atoms with E-state index in [1.807, 2.05) is 0 Å². The number of rotatable bonds is 6. The van der Waals surface area contributed by atoms with Crippen molar-refractivity contribution in [1.29, 1.82) is 5.26 Å². The molecule has 1 atom stereocenters. The molecule has 0 saturated heterocycles. The van der Waals surface area contributed by atoms with Crippen molar-refractivity contribution in [3.8, 4) is 17.6 Å². The number of thioether (sulfide) groups is 1. The molecular weight excluding hydrogens is 457 g/mol. The van der Waals surface area contributed by atoms with Gasteiger partial charge in [-0.2, -0.15) is 5.26 Å². The molecule has 1 aliphatic heterocycles. The van der Waals surface area contributed by atoms with Crippen LogP contribution in [0.3, 0.4) is 0 Å². The van der Waals surface area contributed by atoms with E-state index in [2.05, 4.69) is 16.7 Å². The molecule has 0 spiro atoms. The first-order chi connectivity index (χ1) is 16.4. The highest BCUT2D eigenvalue weighted by atomic mass is 32.2. The average Bonchev–Trinajstić information content (AvgIpc) is 2.84. The first-order valence-corrected chi connectivity index (χ1v) is 11.6. The van der Waals surface area contributed by atoms with Gasteiger partial charge in [-0.05, 0) is 42.7 Å². The highest BCUT2D eigenvalue weighted by Crippen LogP contribution is 2.45. The second-order valence-electron chi connectivity index (χ2n) is 7.83. The minimum atomic E-state index is -0.652. The van der Waals surface area contributed by atoms with Crippen LogP contribution in [0.4, 0.5) is 10.1 Å². The smallest absolute Gasteiger partial charge is 0.234 e. The van der Waals surface area contributed by atoms with E-state index in [-0.39, 0.29) is 28.7 Å². The van der Waals surface area contributed by atoms with Crippen LogP contribution in [0.2, 0.25) is 0 Å². The van der Waals surface area contributed by atoms with Crippen LogP contribution in [0.25, 0.3) is 0 Å². The zero-order valence-corrected chi connectivity index (χ0v) is 19.2. The highest BCUT2D eigenvalue weighted by Gasteiger charge is 2.37. The van der Waals surface area contributed by atoms with Crippen molar-refractivity contribution in [2.45, 2.75) is 25.2 Å². The van der Waals surface area contributed by atoms with Crippen molar-refractivity contribution in [2.75, 3.05) is 18.2 Å². The van der Waals surface area contributed by atoms with Crippen molar-refractivity contribution in [2.24, 2.45) is 0 Å². The number of allylic oxidation sites excluding steroid dienone is 3. The molecule has 2 aromatic rings. The number of phenolic OH excluding ortho intramolecular Hbond substituents is 1. The number of hydrogen-bond donors (Lipinski definition) is 3. The molecule has 174 valence electrons. The van der Waals surface area contributed by atoms with Crippen molar-refractivity contribution in [3.63, 3.8) is 0 Å². The zero-order chi connectivity index (χ0) is 24.2. The number of methoxy groups -OCH3 is 1. The van der Waals surface area contributed by atoms with Gasteiger partial charge in [0.1, 0.15) is 5.82 Å². The van der Waals surface area contributed by atoms with Crippen molar-refractivity contribution in [3.05, 3.63) is 75.7 Å². The quantitative estimate of drug-likeness (QED) is 0.565. The second-order valence-corrected chi connectivity index (χ2v) is 8.82. The molecule has 1 heterocycles. The Hall–Kier alpha value is -3.77. The van der Waals surface area contributed by atoms with E-state index >= 15 is 0 Å². The number of carbonyl (C=O) groups excluding carboxylic acids is 2. The van der Waals surface area contributed by atoms with Crippen LogP contribution >= 0.6 is 11.8 Å². The Kier molecular flexibility index (Phi) is 6.89. The fraction of sp³-hybridized carbons (Fsp3) is 0.240. The summed E-state index contributed by atoms with van der Waals surface area (Å²) in [5.74, 6) is -1.54. The summed E-state index contributed by atoms with van der Waals surface area (Å²) >= 11 is 1.12. The summed E-state index contributed by atoms with van der Waals surface area (Å²) in [6.45, 7) is 0. The Balaban J connectivity index is 1.66.